The summed E-state index contributed by atoms with van der Waals surface area (Å²) in [6.07, 6.45) is 3.83. The Kier molecular flexibility index (Phi) is 3.76. The molecule has 0 spiro atoms. The monoisotopic (exact) mass is 232 g/mol. The van der Waals surface area contributed by atoms with E-state index in [4.69, 9.17) is 5.73 Å². The Bertz CT molecular complexity index is 433. The van der Waals surface area contributed by atoms with Crippen molar-refractivity contribution in [2.45, 2.75) is 12.5 Å². The van der Waals surface area contributed by atoms with Crippen LogP contribution in [0.15, 0.2) is 18.5 Å². The predicted molar refractivity (Wildman–Crippen MR) is 55.5 cm³/mol. The van der Waals surface area contributed by atoms with Crippen LogP contribution >= 0.6 is 0 Å². The van der Waals surface area contributed by atoms with Crippen LogP contribution < -0.4 is 5.73 Å². The van der Waals surface area contributed by atoms with Gasteiger partial charge in [-0.05, 0) is 12.5 Å². The fourth-order valence-electron chi connectivity index (χ4n) is 1.18. The normalized spacial score (nSPS) is 13.8. The summed E-state index contributed by atoms with van der Waals surface area (Å²) < 4.78 is 34.9. The molecular weight excluding hydrogens is 219 g/mol. The second-order valence-electron chi connectivity index (χ2n) is 3.42. The molecule has 1 aromatic rings. The van der Waals surface area contributed by atoms with E-state index >= 15 is 0 Å². The van der Waals surface area contributed by atoms with E-state index in [1.165, 1.54) is 12.3 Å². The highest BCUT2D eigenvalue weighted by molar-refractivity contribution is 7.90. The Morgan fingerprint density at radius 1 is 1.60 bits per heavy atom. The third-order valence-corrected chi connectivity index (χ3v) is 2.98. The van der Waals surface area contributed by atoms with Gasteiger partial charge in [-0.2, -0.15) is 0 Å². The lowest BCUT2D eigenvalue weighted by Gasteiger charge is -2.11. The maximum absolute atomic E-state index is 13.2. The van der Waals surface area contributed by atoms with E-state index in [2.05, 4.69) is 4.98 Å². The Morgan fingerprint density at radius 2 is 2.27 bits per heavy atom. The average molecular weight is 232 g/mol. The summed E-state index contributed by atoms with van der Waals surface area (Å²) in [5, 5.41) is 0. The minimum absolute atomic E-state index is 0.0457. The smallest absolute Gasteiger partial charge is 0.147 e. The molecule has 6 heteroatoms. The van der Waals surface area contributed by atoms with Crippen LogP contribution in [0.25, 0.3) is 0 Å². The third-order valence-electron chi connectivity index (χ3n) is 2.00. The van der Waals surface area contributed by atoms with Crippen LogP contribution in [0.1, 0.15) is 18.0 Å². The van der Waals surface area contributed by atoms with Crippen molar-refractivity contribution in [2.24, 2.45) is 5.73 Å². The first-order chi connectivity index (χ1) is 6.90. The number of pyridine rings is 1. The molecule has 0 amide bonds. The molecule has 0 aliphatic carbocycles. The van der Waals surface area contributed by atoms with Crippen LogP contribution in [-0.2, 0) is 9.84 Å². The number of hydrogen-bond acceptors (Lipinski definition) is 4. The summed E-state index contributed by atoms with van der Waals surface area (Å²) in [7, 11) is -3.06. The molecule has 2 N–H and O–H groups in total. The molecule has 1 atom stereocenters. The average Bonchev–Trinajstić information content (AvgIpc) is 2.14. The first kappa shape index (κ1) is 12.1. The van der Waals surface area contributed by atoms with Crippen molar-refractivity contribution in [3.05, 3.63) is 29.8 Å². The maximum atomic E-state index is 13.2. The molecule has 1 heterocycles. The first-order valence-corrected chi connectivity index (χ1v) is 6.49. The van der Waals surface area contributed by atoms with Gasteiger partial charge in [0.15, 0.2) is 0 Å². The van der Waals surface area contributed by atoms with Crippen LogP contribution in [-0.4, -0.2) is 25.4 Å². The molecule has 0 aliphatic heterocycles. The molecule has 1 unspecified atom stereocenters. The van der Waals surface area contributed by atoms with Crippen molar-refractivity contribution in [1.82, 2.24) is 4.98 Å². The molecule has 0 aromatic carbocycles. The van der Waals surface area contributed by atoms with Gasteiger partial charge in [-0.25, -0.2) is 12.8 Å². The van der Waals surface area contributed by atoms with E-state index in [9.17, 15) is 12.8 Å². The summed E-state index contributed by atoms with van der Waals surface area (Å²) in [6.45, 7) is 0. The molecule has 0 aliphatic rings. The largest absolute Gasteiger partial charge is 0.324 e. The molecule has 0 saturated carbocycles. The van der Waals surface area contributed by atoms with Gasteiger partial charge in [0.2, 0.25) is 0 Å². The van der Waals surface area contributed by atoms with Crippen molar-refractivity contribution in [3.63, 3.8) is 0 Å². The van der Waals surface area contributed by atoms with E-state index in [0.717, 1.165) is 12.5 Å². The lowest BCUT2D eigenvalue weighted by atomic mass is 10.1. The summed E-state index contributed by atoms with van der Waals surface area (Å²) in [6, 6.07) is 0.852. The van der Waals surface area contributed by atoms with Gasteiger partial charge in [-0.3, -0.25) is 4.98 Å². The van der Waals surface area contributed by atoms with Gasteiger partial charge in [0.1, 0.15) is 15.7 Å². The quantitative estimate of drug-likeness (QED) is 0.827. The highest BCUT2D eigenvalue weighted by atomic mass is 32.2. The van der Waals surface area contributed by atoms with E-state index in [1.54, 1.807) is 0 Å². The van der Waals surface area contributed by atoms with Gasteiger partial charge >= 0.3 is 0 Å². The molecule has 0 fully saturated rings. The minimum Gasteiger partial charge on any atom is -0.324 e. The van der Waals surface area contributed by atoms with E-state index in [-0.39, 0.29) is 12.2 Å². The van der Waals surface area contributed by atoms with Crippen molar-refractivity contribution in [2.75, 3.05) is 12.0 Å². The number of nitrogens with two attached hydrogens (primary N) is 1. The predicted octanol–water partition coefficient (Wildman–Crippen LogP) is 0.655. The Labute approximate surface area is 88.2 Å². The third kappa shape index (κ3) is 3.93. The van der Waals surface area contributed by atoms with E-state index < -0.39 is 21.7 Å². The summed E-state index contributed by atoms with van der Waals surface area (Å²) in [5.41, 5.74) is 5.97. The number of halogens is 1. The van der Waals surface area contributed by atoms with Crippen LogP contribution in [0.4, 0.5) is 4.39 Å². The summed E-state index contributed by atoms with van der Waals surface area (Å²) in [4.78, 5) is 3.59. The molecule has 0 radical (unpaired) electrons. The molecular formula is C9H13FN2O2S. The van der Waals surface area contributed by atoms with Gasteiger partial charge in [0.25, 0.3) is 0 Å². The lowest BCUT2D eigenvalue weighted by Crippen LogP contribution is -2.17. The first-order valence-electron chi connectivity index (χ1n) is 4.43. The van der Waals surface area contributed by atoms with Gasteiger partial charge < -0.3 is 5.73 Å². The number of nitrogens with zero attached hydrogens (tertiary/aromatic N) is 1. The van der Waals surface area contributed by atoms with Crippen LogP contribution in [0.5, 0.6) is 0 Å². The Hall–Kier alpha value is -1.01. The zero-order chi connectivity index (χ0) is 11.5. The molecule has 1 aromatic heterocycles. The minimum atomic E-state index is -3.06. The standard InChI is InChI=1S/C9H13FN2O2S/c1-15(13,14)5-3-9(11)7-2-4-12-6-8(7)10/h2,4,6,9H,3,5,11H2,1H3. The number of hydrogen-bond donors (Lipinski definition) is 1. The van der Waals surface area contributed by atoms with Gasteiger partial charge in [0, 0.05) is 24.1 Å². The lowest BCUT2D eigenvalue weighted by molar-refractivity contribution is 0.562. The van der Waals surface area contributed by atoms with Gasteiger partial charge in [-0.15, -0.1) is 0 Å². The molecule has 4 nitrogen and oxygen atoms in total. The van der Waals surface area contributed by atoms with Crippen LogP contribution in [0.2, 0.25) is 0 Å². The molecule has 15 heavy (non-hydrogen) atoms. The van der Waals surface area contributed by atoms with E-state index in [1.807, 2.05) is 0 Å². The zero-order valence-electron chi connectivity index (χ0n) is 8.35. The second kappa shape index (κ2) is 4.67. The van der Waals surface area contributed by atoms with Crippen molar-refractivity contribution < 1.29 is 12.8 Å². The number of sulfone groups is 1. The number of aromatic nitrogens is 1. The molecule has 0 saturated heterocycles. The topological polar surface area (TPSA) is 73.0 Å². The highest BCUT2D eigenvalue weighted by Gasteiger charge is 2.13. The molecule has 1 rings (SSSR count). The van der Waals surface area contributed by atoms with Gasteiger partial charge in [0.05, 0.1) is 11.9 Å². The highest BCUT2D eigenvalue weighted by Crippen LogP contribution is 2.16. The van der Waals surface area contributed by atoms with Crippen molar-refractivity contribution in [3.8, 4) is 0 Å². The van der Waals surface area contributed by atoms with Crippen molar-refractivity contribution >= 4 is 9.84 Å². The van der Waals surface area contributed by atoms with Crippen LogP contribution in [0, 0.1) is 5.82 Å². The Morgan fingerprint density at radius 3 is 2.80 bits per heavy atom. The van der Waals surface area contributed by atoms with E-state index in [0.29, 0.717) is 5.56 Å². The fraction of sp³-hybridized carbons (Fsp3) is 0.444. The fourth-order valence-corrected chi connectivity index (χ4v) is 1.87. The van der Waals surface area contributed by atoms with Gasteiger partial charge in [-0.1, -0.05) is 0 Å². The SMILES string of the molecule is CS(=O)(=O)CCC(N)c1ccncc1F. The summed E-state index contributed by atoms with van der Waals surface area (Å²) >= 11 is 0. The number of rotatable bonds is 4. The Balaban J connectivity index is 2.70. The zero-order valence-corrected chi connectivity index (χ0v) is 9.17. The van der Waals surface area contributed by atoms with Crippen molar-refractivity contribution in [1.29, 1.82) is 0 Å². The summed E-state index contributed by atoms with van der Waals surface area (Å²) in [5.74, 6) is -0.547. The molecule has 0 bridgehead atoms. The van der Waals surface area contributed by atoms with Crippen LogP contribution in [0.3, 0.4) is 0 Å². The maximum Gasteiger partial charge on any atom is 0.147 e. The molecule has 84 valence electrons. The second-order valence-corrected chi connectivity index (χ2v) is 5.68.